The van der Waals surface area contributed by atoms with Crippen LogP contribution in [0.15, 0.2) is 149 Å². The molecule has 0 atom stereocenters. The maximum absolute atomic E-state index is 6.30. The van der Waals surface area contributed by atoms with Crippen LogP contribution in [0.1, 0.15) is 0 Å². The first-order valence-electron chi connectivity index (χ1n) is 15.0. The topological polar surface area (TPSA) is 55.3 Å². The van der Waals surface area contributed by atoms with Gasteiger partial charge in [0, 0.05) is 57.1 Å². The number of pyridine rings is 2. The smallest absolute Gasteiger partial charge is 0.153 e. The molecular weight excluding hydrogens is 554 g/mol. The Morgan fingerprint density at radius 1 is 0.400 bits per heavy atom. The van der Waals surface area contributed by atoms with E-state index in [0.29, 0.717) is 0 Å². The van der Waals surface area contributed by atoms with E-state index < -0.39 is 0 Å². The van der Waals surface area contributed by atoms with E-state index in [1.54, 1.807) is 18.6 Å². The quantitative estimate of drug-likeness (QED) is 0.196. The lowest BCUT2D eigenvalue weighted by Crippen LogP contribution is -2.09. The van der Waals surface area contributed by atoms with Crippen molar-refractivity contribution in [2.75, 3.05) is 4.90 Å². The lowest BCUT2D eigenvalue weighted by atomic mass is 9.96. The van der Waals surface area contributed by atoms with Gasteiger partial charge in [0.2, 0.25) is 0 Å². The number of aromatic nitrogens is 2. The largest absolute Gasteiger partial charge is 0.454 e. The Balaban J connectivity index is 1.26. The first kappa shape index (κ1) is 24.3. The van der Waals surface area contributed by atoms with Crippen LogP contribution in [-0.4, -0.2) is 9.97 Å². The van der Waals surface area contributed by atoms with Gasteiger partial charge in [-0.15, -0.1) is 0 Å². The molecule has 0 radical (unpaired) electrons. The highest BCUT2D eigenvalue weighted by Gasteiger charge is 2.19. The first-order chi connectivity index (χ1) is 22.3. The summed E-state index contributed by atoms with van der Waals surface area (Å²) in [6.45, 7) is 0. The molecule has 10 aromatic rings. The predicted molar refractivity (Wildman–Crippen MR) is 184 cm³/mol. The molecule has 45 heavy (non-hydrogen) atoms. The summed E-state index contributed by atoms with van der Waals surface area (Å²) in [5.74, 6) is 0. The molecular formula is C40H23N3O2. The van der Waals surface area contributed by atoms with Crippen molar-refractivity contribution >= 4 is 93.3 Å². The molecule has 210 valence electrons. The van der Waals surface area contributed by atoms with E-state index in [4.69, 9.17) is 8.83 Å². The normalized spacial score (nSPS) is 12.0. The van der Waals surface area contributed by atoms with Gasteiger partial charge >= 0.3 is 0 Å². The van der Waals surface area contributed by atoms with E-state index in [-0.39, 0.29) is 0 Å². The van der Waals surface area contributed by atoms with E-state index in [9.17, 15) is 0 Å². The Morgan fingerprint density at radius 3 is 1.80 bits per heavy atom. The zero-order valence-corrected chi connectivity index (χ0v) is 23.9. The minimum absolute atomic E-state index is 0.776. The Kier molecular flexibility index (Phi) is 4.93. The third-order valence-corrected chi connectivity index (χ3v) is 9.00. The maximum atomic E-state index is 6.30. The number of benzene rings is 6. The summed E-state index contributed by atoms with van der Waals surface area (Å²) in [6.07, 6.45) is 7.17. The van der Waals surface area contributed by atoms with Crippen molar-refractivity contribution < 1.29 is 8.83 Å². The molecule has 6 aromatic carbocycles. The van der Waals surface area contributed by atoms with Gasteiger partial charge in [-0.05, 0) is 86.9 Å². The van der Waals surface area contributed by atoms with Crippen molar-refractivity contribution in [2.24, 2.45) is 0 Å². The number of hydrogen-bond donors (Lipinski definition) is 0. The van der Waals surface area contributed by atoms with E-state index in [2.05, 4.69) is 112 Å². The van der Waals surface area contributed by atoms with Crippen molar-refractivity contribution in [3.8, 4) is 0 Å². The summed E-state index contributed by atoms with van der Waals surface area (Å²) in [5, 5.41) is 11.6. The zero-order chi connectivity index (χ0) is 29.5. The second-order valence-corrected chi connectivity index (χ2v) is 11.5. The average molecular weight is 578 g/mol. The third kappa shape index (κ3) is 3.61. The molecule has 0 saturated carbocycles. The first-order valence-corrected chi connectivity index (χ1v) is 15.0. The summed E-state index contributed by atoms with van der Waals surface area (Å²) in [4.78, 5) is 10.8. The second kappa shape index (κ2) is 9.15. The van der Waals surface area contributed by atoms with Crippen LogP contribution in [0, 0.1) is 0 Å². The van der Waals surface area contributed by atoms with E-state index in [0.717, 1.165) is 60.9 Å². The molecule has 0 spiro atoms. The van der Waals surface area contributed by atoms with Crippen LogP contribution in [0.25, 0.3) is 76.2 Å². The van der Waals surface area contributed by atoms with Crippen molar-refractivity contribution in [1.82, 2.24) is 9.97 Å². The van der Waals surface area contributed by atoms with E-state index >= 15 is 0 Å². The monoisotopic (exact) mass is 577 g/mol. The molecule has 0 amide bonds. The fourth-order valence-electron chi connectivity index (χ4n) is 6.92. The fourth-order valence-corrected chi connectivity index (χ4v) is 6.92. The summed E-state index contributed by atoms with van der Waals surface area (Å²) < 4.78 is 12.4. The average Bonchev–Trinajstić information content (AvgIpc) is 3.66. The van der Waals surface area contributed by atoms with Crippen LogP contribution in [0.5, 0.6) is 0 Å². The summed E-state index contributed by atoms with van der Waals surface area (Å²) >= 11 is 0. The molecule has 0 unspecified atom stereocenters. The lowest BCUT2D eigenvalue weighted by Gasteiger charge is -2.26. The zero-order valence-electron chi connectivity index (χ0n) is 23.9. The molecule has 4 heterocycles. The Morgan fingerprint density at radius 2 is 0.978 bits per heavy atom. The molecule has 0 N–H and O–H groups in total. The molecule has 5 heteroatoms. The Hall–Kier alpha value is -6.20. The third-order valence-electron chi connectivity index (χ3n) is 9.00. The van der Waals surface area contributed by atoms with Gasteiger partial charge in [-0.25, -0.2) is 0 Å². The van der Waals surface area contributed by atoms with Gasteiger partial charge in [0.05, 0.1) is 12.4 Å². The second-order valence-electron chi connectivity index (χ2n) is 11.5. The van der Waals surface area contributed by atoms with Crippen molar-refractivity contribution in [1.29, 1.82) is 0 Å². The van der Waals surface area contributed by atoms with E-state index in [1.165, 1.54) is 32.3 Å². The minimum Gasteiger partial charge on any atom is -0.454 e. The minimum atomic E-state index is 0.776. The highest BCUT2D eigenvalue weighted by atomic mass is 16.3. The molecule has 0 aliphatic heterocycles. The Bertz CT molecular complexity index is 2790. The van der Waals surface area contributed by atoms with Crippen LogP contribution < -0.4 is 4.90 Å². The molecule has 0 bridgehead atoms. The molecule has 5 nitrogen and oxygen atoms in total. The fraction of sp³-hybridized carbons (Fsp3) is 0. The molecule has 0 saturated heterocycles. The lowest BCUT2D eigenvalue weighted by molar-refractivity contribution is 0.666. The van der Waals surface area contributed by atoms with Gasteiger partial charge in [0.1, 0.15) is 11.2 Å². The standard InChI is InChI=1S/C40H23N3O2/c1-2-4-30-24(3-1)5-7-26-8-6-25-9-10-27(19-34(25)40(26)30)43(28-12-14-36-35(20-28)33-16-18-42-23-39(33)44-36)29-11-13-31-32-15-17-41-22-38(32)45-37(31)21-29/h1-23H. The number of nitrogens with zero attached hydrogens (tertiary/aromatic N) is 3. The van der Waals surface area contributed by atoms with Crippen LogP contribution >= 0.6 is 0 Å². The van der Waals surface area contributed by atoms with Crippen LogP contribution in [-0.2, 0) is 0 Å². The SMILES string of the molecule is c1ccc2c(c1)ccc1ccc3ccc(N(c4ccc5c(c4)oc4cnccc45)c4ccc5oc6cnccc6c5c4)cc3c12. The molecule has 4 aromatic heterocycles. The highest BCUT2D eigenvalue weighted by molar-refractivity contribution is 6.21. The van der Waals surface area contributed by atoms with E-state index in [1.807, 2.05) is 24.4 Å². The maximum Gasteiger partial charge on any atom is 0.153 e. The number of hydrogen-bond acceptors (Lipinski definition) is 5. The number of rotatable bonds is 3. The van der Waals surface area contributed by atoms with Gasteiger partial charge in [-0.2, -0.15) is 0 Å². The van der Waals surface area contributed by atoms with Gasteiger partial charge in [0.15, 0.2) is 11.2 Å². The number of furan rings is 2. The number of fused-ring (bicyclic) bond motifs is 11. The van der Waals surface area contributed by atoms with Crippen molar-refractivity contribution in [3.63, 3.8) is 0 Å². The Labute approximate surface area is 256 Å². The number of anilines is 3. The summed E-state index contributed by atoms with van der Waals surface area (Å²) in [5.41, 5.74) is 6.26. The van der Waals surface area contributed by atoms with Gasteiger partial charge in [-0.3, -0.25) is 9.97 Å². The van der Waals surface area contributed by atoms with Crippen molar-refractivity contribution in [2.45, 2.75) is 0 Å². The summed E-state index contributed by atoms with van der Waals surface area (Å²) in [6, 6.07) is 41.1. The molecule has 0 fully saturated rings. The molecule has 10 rings (SSSR count). The van der Waals surface area contributed by atoms with Crippen LogP contribution in [0.4, 0.5) is 17.1 Å². The molecule has 0 aliphatic carbocycles. The van der Waals surface area contributed by atoms with Gasteiger partial charge < -0.3 is 13.7 Å². The van der Waals surface area contributed by atoms with Gasteiger partial charge in [-0.1, -0.05) is 54.6 Å². The van der Waals surface area contributed by atoms with Crippen LogP contribution in [0.2, 0.25) is 0 Å². The predicted octanol–water partition coefficient (Wildman–Crippen LogP) is 11.2. The van der Waals surface area contributed by atoms with Crippen LogP contribution in [0.3, 0.4) is 0 Å². The molecule has 0 aliphatic rings. The van der Waals surface area contributed by atoms with Crippen molar-refractivity contribution in [3.05, 3.63) is 140 Å². The van der Waals surface area contributed by atoms with Gasteiger partial charge in [0.25, 0.3) is 0 Å². The summed E-state index contributed by atoms with van der Waals surface area (Å²) in [7, 11) is 0. The highest BCUT2D eigenvalue weighted by Crippen LogP contribution is 2.42.